The molecule has 2 aromatic carbocycles. The number of benzene rings is 2. The van der Waals surface area contributed by atoms with Gasteiger partial charge in [-0.2, -0.15) is 5.26 Å². The van der Waals surface area contributed by atoms with Crippen molar-refractivity contribution in [2.75, 3.05) is 5.73 Å². The molecule has 21 heavy (non-hydrogen) atoms. The van der Waals surface area contributed by atoms with Gasteiger partial charge in [0.2, 0.25) is 5.91 Å². The van der Waals surface area contributed by atoms with E-state index in [-0.39, 0.29) is 5.91 Å². The van der Waals surface area contributed by atoms with E-state index in [0.717, 1.165) is 11.1 Å². The van der Waals surface area contributed by atoms with Crippen molar-refractivity contribution in [2.24, 2.45) is 0 Å². The van der Waals surface area contributed by atoms with Crippen molar-refractivity contribution in [3.8, 4) is 6.07 Å². The lowest BCUT2D eigenvalue weighted by atomic mass is 10.1. The summed E-state index contributed by atoms with van der Waals surface area (Å²) in [5.41, 5.74) is 8.66. The Balaban J connectivity index is 1.90. The highest BCUT2D eigenvalue weighted by Gasteiger charge is 1.98. The van der Waals surface area contributed by atoms with Crippen molar-refractivity contribution >= 4 is 17.7 Å². The zero-order chi connectivity index (χ0) is 15.1. The second kappa shape index (κ2) is 6.92. The maximum atomic E-state index is 11.7. The van der Waals surface area contributed by atoms with E-state index in [2.05, 4.69) is 11.4 Å². The lowest BCUT2D eigenvalue weighted by molar-refractivity contribution is -0.116. The van der Waals surface area contributed by atoms with E-state index in [1.807, 2.05) is 18.2 Å². The van der Waals surface area contributed by atoms with E-state index in [0.29, 0.717) is 17.8 Å². The maximum Gasteiger partial charge on any atom is 0.244 e. The average Bonchev–Trinajstić information content (AvgIpc) is 2.52. The highest BCUT2D eigenvalue weighted by atomic mass is 16.1. The molecule has 2 aromatic rings. The lowest BCUT2D eigenvalue weighted by Crippen LogP contribution is -2.20. The molecule has 0 aliphatic rings. The molecule has 4 nitrogen and oxygen atoms in total. The van der Waals surface area contributed by atoms with Gasteiger partial charge in [0.1, 0.15) is 0 Å². The first-order chi connectivity index (χ1) is 10.2. The van der Waals surface area contributed by atoms with Gasteiger partial charge in [0.05, 0.1) is 11.6 Å². The molecule has 0 saturated carbocycles. The van der Waals surface area contributed by atoms with Gasteiger partial charge in [-0.3, -0.25) is 4.79 Å². The summed E-state index contributed by atoms with van der Waals surface area (Å²) in [4.78, 5) is 11.7. The number of hydrogen-bond donors (Lipinski definition) is 2. The molecule has 0 radical (unpaired) electrons. The van der Waals surface area contributed by atoms with Crippen LogP contribution in [0.15, 0.2) is 54.6 Å². The van der Waals surface area contributed by atoms with Crippen LogP contribution in [0.5, 0.6) is 0 Å². The zero-order valence-electron chi connectivity index (χ0n) is 11.4. The molecular formula is C17H15N3O. The number of nitrogens with one attached hydrogen (secondary N) is 1. The van der Waals surface area contributed by atoms with Crippen LogP contribution in [0.25, 0.3) is 6.08 Å². The minimum atomic E-state index is -0.186. The van der Waals surface area contributed by atoms with Crippen LogP contribution < -0.4 is 11.1 Å². The Labute approximate surface area is 123 Å². The van der Waals surface area contributed by atoms with Crippen molar-refractivity contribution in [1.29, 1.82) is 5.26 Å². The number of rotatable bonds is 4. The van der Waals surface area contributed by atoms with Gasteiger partial charge in [0, 0.05) is 18.3 Å². The number of hydrogen-bond acceptors (Lipinski definition) is 3. The minimum Gasteiger partial charge on any atom is -0.399 e. The fraction of sp³-hybridized carbons (Fsp3) is 0.0588. The third kappa shape index (κ3) is 4.51. The van der Waals surface area contributed by atoms with Crippen molar-refractivity contribution in [2.45, 2.75) is 6.54 Å². The van der Waals surface area contributed by atoms with Crippen LogP contribution in [0.1, 0.15) is 16.7 Å². The summed E-state index contributed by atoms with van der Waals surface area (Å²) in [6.45, 7) is 0.389. The molecule has 104 valence electrons. The van der Waals surface area contributed by atoms with Crippen LogP contribution in [0.4, 0.5) is 5.69 Å². The fourth-order valence-electron chi connectivity index (χ4n) is 1.78. The summed E-state index contributed by atoms with van der Waals surface area (Å²) in [6, 6.07) is 16.5. The molecule has 1 amide bonds. The number of nitriles is 1. The molecule has 0 atom stereocenters. The Kier molecular flexibility index (Phi) is 4.73. The predicted molar refractivity (Wildman–Crippen MR) is 82.9 cm³/mol. The van der Waals surface area contributed by atoms with E-state index >= 15 is 0 Å². The van der Waals surface area contributed by atoms with E-state index in [4.69, 9.17) is 11.0 Å². The first-order valence-corrected chi connectivity index (χ1v) is 6.48. The second-order valence-electron chi connectivity index (χ2n) is 4.53. The van der Waals surface area contributed by atoms with Gasteiger partial charge in [-0.25, -0.2) is 0 Å². The van der Waals surface area contributed by atoms with Gasteiger partial charge in [0.15, 0.2) is 0 Å². The maximum absolute atomic E-state index is 11.7. The Morgan fingerprint density at radius 2 is 2.00 bits per heavy atom. The highest BCUT2D eigenvalue weighted by Crippen LogP contribution is 2.07. The molecule has 0 fully saturated rings. The first-order valence-electron chi connectivity index (χ1n) is 6.48. The smallest absolute Gasteiger partial charge is 0.244 e. The molecule has 0 aliphatic carbocycles. The normalized spacial score (nSPS) is 10.2. The van der Waals surface area contributed by atoms with Crippen molar-refractivity contribution in [3.05, 3.63) is 71.3 Å². The quantitative estimate of drug-likeness (QED) is 0.665. The molecule has 0 heterocycles. The van der Waals surface area contributed by atoms with Gasteiger partial charge >= 0.3 is 0 Å². The molecule has 4 heteroatoms. The summed E-state index contributed by atoms with van der Waals surface area (Å²) >= 11 is 0. The van der Waals surface area contributed by atoms with E-state index in [1.54, 1.807) is 36.4 Å². The van der Waals surface area contributed by atoms with Crippen LogP contribution in [0.2, 0.25) is 0 Å². The van der Waals surface area contributed by atoms with E-state index in [1.165, 1.54) is 6.08 Å². The summed E-state index contributed by atoms with van der Waals surface area (Å²) in [7, 11) is 0. The topological polar surface area (TPSA) is 78.9 Å². The fourth-order valence-corrected chi connectivity index (χ4v) is 1.78. The van der Waals surface area contributed by atoms with Crippen molar-refractivity contribution in [3.63, 3.8) is 0 Å². The Morgan fingerprint density at radius 3 is 2.71 bits per heavy atom. The third-order valence-corrected chi connectivity index (χ3v) is 2.89. The van der Waals surface area contributed by atoms with Gasteiger partial charge in [-0.15, -0.1) is 0 Å². The lowest BCUT2D eigenvalue weighted by Gasteiger charge is -2.02. The Bertz CT molecular complexity index is 697. The molecule has 0 spiro atoms. The Hall–Kier alpha value is -3.06. The number of nitrogens with two attached hydrogens (primary N) is 1. The molecule has 2 rings (SSSR count). The second-order valence-corrected chi connectivity index (χ2v) is 4.53. The summed E-state index contributed by atoms with van der Waals surface area (Å²) in [5, 5.41) is 11.6. The number of amides is 1. The van der Waals surface area contributed by atoms with Gasteiger partial charge in [0.25, 0.3) is 0 Å². The highest BCUT2D eigenvalue weighted by molar-refractivity contribution is 5.91. The van der Waals surface area contributed by atoms with E-state index < -0.39 is 0 Å². The predicted octanol–water partition coefficient (Wildman–Crippen LogP) is 2.47. The first kappa shape index (κ1) is 14.4. The number of anilines is 1. The van der Waals surface area contributed by atoms with Crippen LogP contribution in [0.3, 0.4) is 0 Å². The van der Waals surface area contributed by atoms with Gasteiger partial charge < -0.3 is 11.1 Å². The monoisotopic (exact) mass is 277 g/mol. The standard InChI is InChI=1S/C17H15N3O/c18-11-14-2-1-3-15(10-14)12-20-17(21)9-6-13-4-7-16(19)8-5-13/h1-10H,12,19H2,(H,20,21)/b9-6+. The van der Waals surface area contributed by atoms with Crippen LogP contribution in [-0.2, 0) is 11.3 Å². The molecular weight excluding hydrogens is 262 g/mol. The summed E-state index contributed by atoms with van der Waals surface area (Å²) in [6.07, 6.45) is 3.19. The number of nitrogens with zero attached hydrogens (tertiary/aromatic N) is 1. The van der Waals surface area contributed by atoms with Crippen molar-refractivity contribution < 1.29 is 4.79 Å². The van der Waals surface area contributed by atoms with Crippen LogP contribution >= 0.6 is 0 Å². The molecule has 0 unspecified atom stereocenters. The summed E-state index contributed by atoms with van der Waals surface area (Å²) < 4.78 is 0. The average molecular weight is 277 g/mol. The minimum absolute atomic E-state index is 0.186. The molecule has 0 bridgehead atoms. The largest absolute Gasteiger partial charge is 0.399 e. The number of carbonyl (C=O) groups is 1. The van der Waals surface area contributed by atoms with Crippen molar-refractivity contribution in [1.82, 2.24) is 5.32 Å². The Morgan fingerprint density at radius 1 is 1.24 bits per heavy atom. The SMILES string of the molecule is N#Cc1cccc(CNC(=O)/C=C/c2ccc(N)cc2)c1. The molecule has 0 aromatic heterocycles. The van der Waals surface area contributed by atoms with E-state index in [9.17, 15) is 4.79 Å². The zero-order valence-corrected chi connectivity index (χ0v) is 11.4. The number of nitrogen functional groups attached to an aromatic ring is 1. The third-order valence-electron chi connectivity index (χ3n) is 2.89. The van der Waals surface area contributed by atoms with Gasteiger partial charge in [-0.1, -0.05) is 24.3 Å². The van der Waals surface area contributed by atoms with Crippen LogP contribution in [-0.4, -0.2) is 5.91 Å². The van der Waals surface area contributed by atoms with Gasteiger partial charge in [-0.05, 0) is 41.5 Å². The molecule has 0 saturated heterocycles. The summed E-state index contributed by atoms with van der Waals surface area (Å²) in [5.74, 6) is -0.186. The molecule has 3 N–H and O–H groups in total. The van der Waals surface area contributed by atoms with Crippen LogP contribution in [0, 0.1) is 11.3 Å². The number of carbonyl (C=O) groups excluding carboxylic acids is 1. The molecule has 0 aliphatic heterocycles.